The molecular weight excluding hydrogens is 188 g/mol. The van der Waals surface area contributed by atoms with Crippen molar-refractivity contribution in [2.75, 3.05) is 20.2 Å². The van der Waals surface area contributed by atoms with Crippen molar-refractivity contribution in [1.29, 1.82) is 0 Å². The topological polar surface area (TPSA) is 38.5 Å². The van der Waals surface area contributed by atoms with Gasteiger partial charge in [0, 0.05) is 32.8 Å². The molecule has 82 valence electrons. The summed E-state index contributed by atoms with van der Waals surface area (Å²) in [5, 5.41) is 0. The van der Waals surface area contributed by atoms with E-state index in [-0.39, 0.29) is 12.1 Å². The van der Waals surface area contributed by atoms with Gasteiger partial charge in [-0.15, -0.1) is 0 Å². The number of ether oxygens (including phenoxy) is 1. The van der Waals surface area contributed by atoms with Crippen LogP contribution in [-0.4, -0.2) is 37.2 Å². The Morgan fingerprint density at radius 3 is 2.67 bits per heavy atom. The Hall–Kier alpha value is -0.900. The maximum atomic E-state index is 5.97. The fraction of sp³-hybridized carbons (Fsp3) is 0.500. The van der Waals surface area contributed by atoms with Crippen LogP contribution in [0.5, 0.6) is 0 Å². The summed E-state index contributed by atoms with van der Waals surface area (Å²) in [7, 11) is 1.73. The molecule has 0 saturated carbocycles. The molecule has 1 aromatic rings. The summed E-state index contributed by atoms with van der Waals surface area (Å²) in [6.45, 7) is 2.83. The van der Waals surface area contributed by atoms with Gasteiger partial charge in [-0.3, -0.25) is 4.90 Å². The monoisotopic (exact) mass is 206 g/mol. The molecule has 1 aliphatic heterocycles. The molecular formula is C12H18N2O. The van der Waals surface area contributed by atoms with Gasteiger partial charge in [0.1, 0.15) is 0 Å². The van der Waals surface area contributed by atoms with Crippen LogP contribution in [0.1, 0.15) is 5.56 Å². The second kappa shape index (κ2) is 4.75. The van der Waals surface area contributed by atoms with Gasteiger partial charge in [-0.2, -0.15) is 0 Å². The normalized spacial score (nSPS) is 27.1. The largest absolute Gasteiger partial charge is 0.378 e. The van der Waals surface area contributed by atoms with E-state index in [1.54, 1.807) is 7.11 Å². The summed E-state index contributed by atoms with van der Waals surface area (Å²) >= 11 is 0. The van der Waals surface area contributed by atoms with Gasteiger partial charge in [-0.25, -0.2) is 0 Å². The Bertz CT molecular complexity index is 302. The SMILES string of the molecule is CO[C@@H]1CN(Cc2ccccc2)C[C@@H]1N. The maximum Gasteiger partial charge on any atom is 0.0861 e. The van der Waals surface area contributed by atoms with Crippen LogP contribution in [0.3, 0.4) is 0 Å². The molecule has 0 aromatic heterocycles. The molecule has 2 atom stereocenters. The molecule has 3 heteroatoms. The standard InChI is InChI=1S/C12H18N2O/c1-15-12-9-14(8-11(12)13)7-10-5-3-2-4-6-10/h2-6,11-12H,7-9,13H2,1H3/t11-,12+/m0/s1. The summed E-state index contributed by atoms with van der Waals surface area (Å²) in [5.74, 6) is 0. The van der Waals surface area contributed by atoms with Gasteiger partial charge in [0.15, 0.2) is 0 Å². The lowest BCUT2D eigenvalue weighted by molar-refractivity contribution is 0.0976. The fourth-order valence-electron chi connectivity index (χ4n) is 2.10. The molecule has 0 unspecified atom stereocenters. The second-order valence-corrected chi connectivity index (χ2v) is 4.12. The molecule has 2 N–H and O–H groups in total. The Morgan fingerprint density at radius 1 is 1.33 bits per heavy atom. The molecule has 0 spiro atoms. The summed E-state index contributed by atoms with van der Waals surface area (Å²) in [6.07, 6.45) is 0.189. The summed E-state index contributed by atoms with van der Waals surface area (Å²) in [5.41, 5.74) is 7.30. The van der Waals surface area contributed by atoms with Crippen LogP contribution in [0.4, 0.5) is 0 Å². The van der Waals surface area contributed by atoms with E-state index < -0.39 is 0 Å². The highest BCUT2D eigenvalue weighted by atomic mass is 16.5. The van der Waals surface area contributed by atoms with Crippen molar-refractivity contribution >= 4 is 0 Å². The molecule has 0 radical (unpaired) electrons. The molecule has 3 nitrogen and oxygen atoms in total. The summed E-state index contributed by atoms with van der Waals surface area (Å²) in [6, 6.07) is 10.6. The molecule has 1 fully saturated rings. The smallest absolute Gasteiger partial charge is 0.0861 e. The fourth-order valence-corrected chi connectivity index (χ4v) is 2.10. The lowest BCUT2D eigenvalue weighted by Crippen LogP contribution is -2.34. The Kier molecular flexibility index (Phi) is 3.36. The minimum Gasteiger partial charge on any atom is -0.378 e. The van der Waals surface area contributed by atoms with E-state index in [0.29, 0.717) is 0 Å². The number of benzene rings is 1. The van der Waals surface area contributed by atoms with Crippen molar-refractivity contribution in [1.82, 2.24) is 4.90 Å². The first-order valence-electron chi connectivity index (χ1n) is 5.34. The highest BCUT2D eigenvalue weighted by Gasteiger charge is 2.29. The first kappa shape index (κ1) is 10.6. The van der Waals surface area contributed by atoms with Crippen molar-refractivity contribution in [2.45, 2.75) is 18.7 Å². The van der Waals surface area contributed by atoms with Crippen molar-refractivity contribution in [2.24, 2.45) is 5.73 Å². The lowest BCUT2D eigenvalue weighted by atomic mass is 10.2. The Morgan fingerprint density at radius 2 is 2.07 bits per heavy atom. The minimum absolute atomic E-state index is 0.152. The molecule has 0 bridgehead atoms. The lowest BCUT2D eigenvalue weighted by Gasteiger charge is -2.14. The van der Waals surface area contributed by atoms with Crippen LogP contribution in [0, 0.1) is 0 Å². The van der Waals surface area contributed by atoms with E-state index in [1.807, 2.05) is 6.07 Å². The average molecular weight is 206 g/mol. The van der Waals surface area contributed by atoms with Crippen LogP contribution in [0.15, 0.2) is 30.3 Å². The van der Waals surface area contributed by atoms with Gasteiger partial charge >= 0.3 is 0 Å². The molecule has 0 amide bonds. The quantitative estimate of drug-likeness (QED) is 0.796. The molecule has 0 aliphatic carbocycles. The van der Waals surface area contributed by atoms with E-state index in [9.17, 15) is 0 Å². The number of nitrogens with zero attached hydrogens (tertiary/aromatic N) is 1. The molecule has 1 saturated heterocycles. The highest BCUT2D eigenvalue weighted by Crippen LogP contribution is 2.14. The first-order valence-corrected chi connectivity index (χ1v) is 5.34. The van der Waals surface area contributed by atoms with Gasteiger partial charge in [-0.1, -0.05) is 30.3 Å². The third-order valence-corrected chi connectivity index (χ3v) is 2.94. The highest BCUT2D eigenvalue weighted by molar-refractivity contribution is 5.14. The molecule has 1 heterocycles. The molecule has 1 aliphatic rings. The summed E-state index contributed by atoms with van der Waals surface area (Å²) in [4.78, 5) is 2.34. The van der Waals surface area contributed by atoms with Crippen LogP contribution in [0.25, 0.3) is 0 Å². The average Bonchev–Trinajstić information content (AvgIpc) is 2.60. The third-order valence-electron chi connectivity index (χ3n) is 2.94. The van der Waals surface area contributed by atoms with Crippen LogP contribution in [0.2, 0.25) is 0 Å². The van der Waals surface area contributed by atoms with Gasteiger partial charge in [0.05, 0.1) is 6.10 Å². The maximum absolute atomic E-state index is 5.97. The predicted octanol–water partition coefficient (Wildman–Crippen LogP) is 0.845. The zero-order chi connectivity index (χ0) is 10.7. The van der Waals surface area contributed by atoms with Crippen molar-refractivity contribution in [3.63, 3.8) is 0 Å². The third kappa shape index (κ3) is 2.56. The van der Waals surface area contributed by atoms with Crippen molar-refractivity contribution < 1.29 is 4.74 Å². The van der Waals surface area contributed by atoms with E-state index in [1.165, 1.54) is 5.56 Å². The molecule has 15 heavy (non-hydrogen) atoms. The molecule has 2 rings (SSSR count). The van der Waals surface area contributed by atoms with Gasteiger partial charge in [-0.05, 0) is 5.56 Å². The number of hydrogen-bond donors (Lipinski definition) is 1. The minimum atomic E-state index is 0.152. The predicted molar refractivity (Wildman–Crippen MR) is 60.5 cm³/mol. The second-order valence-electron chi connectivity index (χ2n) is 4.12. The van der Waals surface area contributed by atoms with E-state index in [0.717, 1.165) is 19.6 Å². The van der Waals surface area contributed by atoms with E-state index in [4.69, 9.17) is 10.5 Å². The molecule has 1 aromatic carbocycles. The van der Waals surface area contributed by atoms with Crippen LogP contribution in [-0.2, 0) is 11.3 Å². The summed E-state index contributed by atoms with van der Waals surface area (Å²) < 4.78 is 5.32. The van der Waals surface area contributed by atoms with E-state index >= 15 is 0 Å². The zero-order valence-electron chi connectivity index (χ0n) is 9.10. The number of hydrogen-bond acceptors (Lipinski definition) is 3. The number of rotatable bonds is 3. The van der Waals surface area contributed by atoms with Crippen LogP contribution < -0.4 is 5.73 Å². The Labute approximate surface area is 90.8 Å². The van der Waals surface area contributed by atoms with Crippen molar-refractivity contribution in [3.05, 3.63) is 35.9 Å². The number of nitrogens with two attached hydrogens (primary N) is 1. The van der Waals surface area contributed by atoms with Gasteiger partial charge in [0.2, 0.25) is 0 Å². The van der Waals surface area contributed by atoms with E-state index in [2.05, 4.69) is 29.2 Å². The number of methoxy groups -OCH3 is 1. The van der Waals surface area contributed by atoms with Crippen LogP contribution >= 0.6 is 0 Å². The van der Waals surface area contributed by atoms with Gasteiger partial charge < -0.3 is 10.5 Å². The zero-order valence-corrected chi connectivity index (χ0v) is 9.10. The Balaban J connectivity index is 1.92. The number of likely N-dealkylation sites (tertiary alicyclic amines) is 1. The first-order chi connectivity index (χ1) is 7.29. The van der Waals surface area contributed by atoms with Gasteiger partial charge in [0.25, 0.3) is 0 Å². The van der Waals surface area contributed by atoms with Crippen molar-refractivity contribution in [3.8, 4) is 0 Å².